The maximum absolute atomic E-state index is 12.1. The van der Waals surface area contributed by atoms with Crippen molar-refractivity contribution in [3.05, 3.63) is 58.8 Å². The quantitative estimate of drug-likeness (QED) is 0.250. The molecule has 2 heterocycles. The van der Waals surface area contributed by atoms with E-state index in [2.05, 4.69) is 34.1 Å². The summed E-state index contributed by atoms with van der Waals surface area (Å²) in [4.78, 5) is 23.0. The monoisotopic (exact) mass is 443 g/mol. The van der Waals surface area contributed by atoms with Crippen molar-refractivity contribution >= 4 is 17.0 Å². The normalized spacial score (nSPS) is 9.44. The van der Waals surface area contributed by atoms with Crippen LogP contribution >= 0.6 is 0 Å². The average molecular weight is 444 g/mol. The summed E-state index contributed by atoms with van der Waals surface area (Å²) in [6, 6.07) is 9.70. The Hall–Kier alpha value is -3.13. The highest BCUT2D eigenvalue weighted by molar-refractivity contribution is 5.75. The Morgan fingerprint density at radius 1 is 1.09 bits per heavy atom. The highest BCUT2D eigenvalue weighted by atomic mass is 16.1. The first-order valence-corrected chi connectivity index (χ1v) is 11.5. The Kier molecular flexibility index (Phi) is 15.8. The van der Waals surface area contributed by atoms with Gasteiger partial charge in [-0.05, 0) is 36.7 Å². The van der Waals surface area contributed by atoms with E-state index in [9.17, 15) is 4.79 Å². The molecule has 0 radical (unpaired) electrons. The van der Waals surface area contributed by atoms with Crippen LogP contribution in [0.5, 0.6) is 0 Å². The number of guanidine groups is 1. The van der Waals surface area contributed by atoms with Gasteiger partial charge < -0.3 is 21.8 Å². The lowest BCUT2D eigenvalue weighted by Crippen LogP contribution is -2.23. The predicted octanol–water partition coefficient (Wildman–Crippen LogP) is 3.94. The topological polar surface area (TPSA) is 127 Å². The largest absolute Gasteiger partial charge is 0.370 e. The number of H-pyrrole nitrogens is 1. The number of fused-ring (bicyclic) bond motifs is 1. The highest BCUT2D eigenvalue weighted by Crippen LogP contribution is 2.11. The molecule has 8 nitrogen and oxygen atoms in total. The molecule has 0 amide bonds. The van der Waals surface area contributed by atoms with E-state index in [4.69, 9.17) is 11.5 Å². The fourth-order valence-corrected chi connectivity index (χ4v) is 2.52. The second-order valence-electron chi connectivity index (χ2n) is 6.39. The molecule has 8 heteroatoms. The maximum atomic E-state index is 12.1. The van der Waals surface area contributed by atoms with Gasteiger partial charge in [0.25, 0.3) is 0 Å². The number of nitrogens with two attached hydrogens (primary N) is 2. The number of nitrogens with one attached hydrogen (secondary N) is 2. The Morgan fingerprint density at radius 2 is 1.72 bits per heavy atom. The Bertz CT molecular complexity index is 939. The number of nitrogens with zero attached hydrogens (tertiary/aromatic N) is 3. The first kappa shape index (κ1) is 28.9. The fourth-order valence-electron chi connectivity index (χ4n) is 2.52. The zero-order valence-electron chi connectivity index (χ0n) is 20.5. The summed E-state index contributed by atoms with van der Waals surface area (Å²) in [5, 5.41) is 4.23. The standard InChI is InChI=1S/C17H21N7O.C3H8.2C2H6/c18-16(19)22-8-1-7-20-10-12-2-4-14(5-3-12)24-11-13-6-9-21-15(13)23-17(24)25;1-3-2;2*1-2/h2-6,9,11,20H,1,7-8,10H2,(H4,18,19,22)(H,21,23,25);3H2,1-2H3;2*1-2H3. The van der Waals surface area contributed by atoms with E-state index >= 15 is 0 Å². The van der Waals surface area contributed by atoms with Crippen molar-refractivity contribution < 1.29 is 0 Å². The lowest BCUT2D eigenvalue weighted by molar-refractivity contribution is 0.655. The molecule has 0 saturated carbocycles. The van der Waals surface area contributed by atoms with Crippen LogP contribution in [0, 0.1) is 0 Å². The van der Waals surface area contributed by atoms with E-state index in [0.717, 1.165) is 36.1 Å². The van der Waals surface area contributed by atoms with E-state index in [-0.39, 0.29) is 11.6 Å². The second kappa shape index (κ2) is 17.5. The van der Waals surface area contributed by atoms with Gasteiger partial charge in [-0.15, -0.1) is 0 Å². The molecule has 0 aliphatic rings. The Labute approximate surface area is 192 Å². The van der Waals surface area contributed by atoms with Crippen LogP contribution in [-0.2, 0) is 6.54 Å². The number of aromatic amines is 1. The molecule has 2 aromatic heterocycles. The molecule has 1 aromatic carbocycles. The summed E-state index contributed by atoms with van der Waals surface area (Å²) in [5.74, 6) is 0.123. The summed E-state index contributed by atoms with van der Waals surface area (Å²) in [6.07, 6.45) is 5.68. The molecule has 32 heavy (non-hydrogen) atoms. The van der Waals surface area contributed by atoms with Gasteiger partial charge in [-0.2, -0.15) is 4.98 Å². The summed E-state index contributed by atoms with van der Waals surface area (Å²) in [7, 11) is 0. The lowest BCUT2D eigenvalue weighted by atomic mass is 10.2. The fraction of sp³-hybridized carbons (Fsp3) is 0.458. The molecule has 3 rings (SSSR count). The third kappa shape index (κ3) is 10.3. The first-order valence-electron chi connectivity index (χ1n) is 11.5. The van der Waals surface area contributed by atoms with Gasteiger partial charge in [-0.25, -0.2) is 4.79 Å². The van der Waals surface area contributed by atoms with Crippen molar-refractivity contribution in [1.82, 2.24) is 19.9 Å². The van der Waals surface area contributed by atoms with E-state index in [1.54, 1.807) is 17.0 Å². The van der Waals surface area contributed by atoms with Gasteiger partial charge >= 0.3 is 5.69 Å². The second-order valence-corrected chi connectivity index (χ2v) is 6.39. The summed E-state index contributed by atoms with van der Waals surface area (Å²) < 4.78 is 1.54. The number of aliphatic imine (C=N–C) groups is 1. The molecular formula is C24H41N7O. The molecular weight excluding hydrogens is 402 g/mol. The van der Waals surface area contributed by atoms with Crippen molar-refractivity contribution in [2.24, 2.45) is 16.5 Å². The molecule has 0 unspecified atom stereocenters. The molecule has 0 spiro atoms. The van der Waals surface area contributed by atoms with E-state index < -0.39 is 0 Å². The minimum absolute atomic E-state index is 0.123. The van der Waals surface area contributed by atoms with Gasteiger partial charge in [0, 0.05) is 30.9 Å². The summed E-state index contributed by atoms with van der Waals surface area (Å²) in [5.41, 5.74) is 12.8. The summed E-state index contributed by atoms with van der Waals surface area (Å²) in [6.45, 7) is 14.4. The SMILES string of the molecule is CC.CC.CCC.NC(N)=NCCCNCc1ccc(-n2cc3cc[nH]c3nc2=O)cc1. The van der Waals surface area contributed by atoms with Gasteiger partial charge in [0.2, 0.25) is 0 Å². The molecule has 0 saturated heterocycles. The van der Waals surface area contributed by atoms with Crippen LogP contribution in [0.2, 0.25) is 0 Å². The van der Waals surface area contributed by atoms with Crippen molar-refractivity contribution in [2.75, 3.05) is 13.1 Å². The van der Waals surface area contributed by atoms with Gasteiger partial charge in [0.15, 0.2) is 5.96 Å². The third-order valence-corrected chi connectivity index (χ3v) is 3.79. The van der Waals surface area contributed by atoms with Gasteiger partial charge in [-0.3, -0.25) is 9.56 Å². The van der Waals surface area contributed by atoms with Crippen LogP contribution in [-0.4, -0.2) is 33.6 Å². The molecule has 0 bridgehead atoms. The first-order chi connectivity index (χ1) is 15.5. The number of hydrogen-bond donors (Lipinski definition) is 4. The van der Waals surface area contributed by atoms with Crippen molar-refractivity contribution in [3.63, 3.8) is 0 Å². The van der Waals surface area contributed by atoms with E-state index in [1.807, 2.05) is 58.0 Å². The average Bonchev–Trinajstić information content (AvgIpc) is 3.26. The van der Waals surface area contributed by atoms with Crippen LogP contribution in [0.15, 0.2) is 52.5 Å². The zero-order valence-corrected chi connectivity index (χ0v) is 20.5. The molecule has 3 aromatic rings. The number of aromatic nitrogens is 3. The minimum atomic E-state index is -0.305. The van der Waals surface area contributed by atoms with E-state index in [1.165, 1.54) is 6.42 Å². The van der Waals surface area contributed by atoms with E-state index in [0.29, 0.717) is 12.2 Å². The van der Waals surface area contributed by atoms with Crippen LogP contribution in [0.1, 0.15) is 59.9 Å². The molecule has 6 N–H and O–H groups in total. The van der Waals surface area contributed by atoms with Crippen molar-refractivity contribution in [3.8, 4) is 5.69 Å². The van der Waals surface area contributed by atoms with Crippen LogP contribution in [0.3, 0.4) is 0 Å². The molecule has 0 aliphatic heterocycles. The molecule has 0 fully saturated rings. The maximum Gasteiger partial charge on any atom is 0.354 e. The Balaban J connectivity index is 0.00000124. The minimum Gasteiger partial charge on any atom is -0.370 e. The van der Waals surface area contributed by atoms with Crippen LogP contribution < -0.4 is 22.5 Å². The number of benzene rings is 1. The third-order valence-electron chi connectivity index (χ3n) is 3.79. The molecule has 0 atom stereocenters. The number of hydrogen-bond acceptors (Lipinski definition) is 4. The highest BCUT2D eigenvalue weighted by Gasteiger charge is 2.04. The zero-order chi connectivity index (χ0) is 24.4. The van der Waals surface area contributed by atoms with Gasteiger partial charge in [0.1, 0.15) is 5.65 Å². The van der Waals surface area contributed by atoms with Crippen molar-refractivity contribution in [2.45, 2.75) is 60.9 Å². The van der Waals surface area contributed by atoms with Crippen LogP contribution in [0.25, 0.3) is 16.7 Å². The lowest BCUT2D eigenvalue weighted by Gasteiger charge is -2.08. The smallest absolute Gasteiger partial charge is 0.354 e. The van der Waals surface area contributed by atoms with Gasteiger partial charge in [-0.1, -0.05) is 60.1 Å². The van der Waals surface area contributed by atoms with Crippen molar-refractivity contribution in [1.29, 1.82) is 0 Å². The predicted molar refractivity (Wildman–Crippen MR) is 137 cm³/mol. The summed E-state index contributed by atoms with van der Waals surface area (Å²) >= 11 is 0. The number of rotatable bonds is 7. The van der Waals surface area contributed by atoms with Crippen LogP contribution in [0.4, 0.5) is 0 Å². The molecule has 0 aliphatic carbocycles. The van der Waals surface area contributed by atoms with Gasteiger partial charge in [0.05, 0.1) is 5.69 Å². The molecule has 178 valence electrons. The Morgan fingerprint density at radius 3 is 2.31 bits per heavy atom.